The van der Waals surface area contributed by atoms with Gasteiger partial charge in [-0.2, -0.15) is 0 Å². The zero-order chi connectivity index (χ0) is 21.5. The van der Waals surface area contributed by atoms with Crippen LogP contribution in [-0.4, -0.2) is 32.5 Å². The van der Waals surface area contributed by atoms with Gasteiger partial charge in [-0.05, 0) is 57.9 Å². The normalized spacial score (nSPS) is 10.8. The fourth-order valence-corrected chi connectivity index (χ4v) is 4.08. The number of tetrazole rings is 1. The molecule has 0 radical (unpaired) electrons. The van der Waals surface area contributed by atoms with E-state index in [1.807, 2.05) is 25.2 Å². The lowest BCUT2D eigenvalue weighted by Gasteiger charge is -2.15. The van der Waals surface area contributed by atoms with Gasteiger partial charge in [0, 0.05) is 24.9 Å². The molecule has 1 N–H and O–H groups in total. The van der Waals surface area contributed by atoms with Crippen LogP contribution in [0.3, 0.4) is 0 Å². The zero-order valence-corrected chi connectivity index (χ0v) is 19.3. The Morgan fingerprint density at radius 1 is 1.06 bits per heavy atom. The Balaban J connectivity index is 0.00000289. The minimum absolute atomic E-state index is 0. The molecule has 0 aliphatic carbocycles. The molecule has 3 aromatic carbocycles. The number of aromatic nitrogens is 4. The maximum Gasteiger partial charge on any atom is 0.209 e. The first-order valence-corrected chi connectivity index (χ1v) is 11.1. The maximum absolute atomic E-state index is 13.2. The van der Waals surface area contributed by atoms with Crippen LogP contribution in [0, 0.1) is 5.82 Å². The third-order valence-electron chi connectivity index (χ3n) is 4.92. The molecule has 0 aliphatic heterocycles. The van der Waals surface area contributed by atoms with Crippen molar-refractivity contribution in [3.05, 3.63) is 77.6 Å². The van der Waals surface area contributed by atoms with Gasteiger partial charge in [0.15, 0.2) is 0 Å². The van der Waals surface area contributed by atoms with Gasteiger partial charge in [-0.25, -0.2) is 9.07 Å². The van der Waals surface area contributed by atoms with Crippen molar-refractivity contribution in [2.24, 2.45) is 7.05 Å². The summed E-state index contributed by atoms with van der Waals surface area (Å²) in [4.78, 5) is 0. The lowest BCUT2D eigenvalue weighted by molar-refractivity contribution is 0.302. The van der Waals surface area contributed by atoms with E-state index in [-0.39, 0.29) is 18.2 Å². The molecule has 1 aromatic heterocycles. The molecular formula is C23H25ClFN5OS. The third kappa shape index (κ3) is 6.18. The smallest absolute Gasteiger partial charge is 0.209 e. The standard InChI is InChI=1S/C23H24FN5OS.ClH/c1-29-23(26-27-28-29)31-14-4-13-25-15-21-20-6-3-2-5-18(20)9-12-22(21)30-16-17-7-10-19(24)11-8-17;/h2-3,5-12,25H,4,13-16H2,1H3;1H. The summed E-state index contributed by atoms with van der Waals surface area (Å²) in [5.41, 5.74) is 2.06. The number of hydrogen-bond donors (Lipinski definition) is 1. The molecule has 32 heavy (non-hydrogen) atoms. The van der Waals surface area contributed by atoms with Gasteiger partial charge in [0.25, 0.3) is 0 Å². The molecule has 0 unspecified atom stereocenters. The Morgan fingerprint density at radius 2 is 1.88 bits per heavy atom. The number of aryl methyl sites for hydroxylation is 1. The number of nitrogens with zero attached hydrogens (tertiary/aromatic N) is 4. The third-order valence-corrected chi connectivity index (χ3v) is 6.01. The lowest BCUT2D eigenvalue weighted by atomic mass is 10.0. The Bertz CT molecular complexity index is 1140. The van der Waals surface area contributed by atoms with Gasteiger partial charge in [0.1, 0.15) is 18.2 Å². The van der Waals surface area contributed by atoms with E-state index in [2.05, 4.69) is 39.0 Å². The number of rotatable bonds is 10. The van der Waals surface area contributed by atoms with Crippen LogP contribution in [0.15, 0.2) is 65.8 Å². The van der Waals surface area contributed by atoms with Crippen LogP contribution in [0.25, 0.3) is 10.8 Å². The Labute approximate surface area is 197 Å². The summed E-state index contributed by atoms with van der Waals surface area (Å²) in [5, 5.41) is 18.2. The van der Waals surface area contributed by atoms with Crippen LogP contribution in [0.5, 0.6) is 5.75 Å². The van der Waals surface area contributed by atoms with E-state index in [0.717, 1.165) is 40.8 Å². The van der Waals surface area contributed by atoms with Crippen molar-refractivity contribution in [1.29, 1.82) is 0 Å². The van der Waals surface area contributed by atoms with Crippen molar-refractivity contribution < 1.29 is 9.13 Å². The van der Waals surface area contributed by atoms with Gasteiger partial charge in [0.05, 0.1) is 0 Å². The molecule has 0 fully saturated rings. The molecule has 4 rings (SSSR count). The molecule has 0 atom stereocenters. The number of hydrogen-bond acceptors (Lipinski definition) is 6. The number of thioether (sulfide) groups is 1. The van der Waals surface area contributed by atoms with E-state index >= 15 is 0 Å². The van der Waals surface area contributed by atoms with Crippen molar-refractivity contribution in [2.75, 3.05) is 12.3 Å². The minimum Gasteiger partial charge on any atom is -0.489 e. The number of nitrogens with one attached hydrogen (secondary N) is 1. The van der Waals surface area contributed by atoms with Crippen LogP contribution < -0.4 is 10.1 Å². The second kappa shape index (κ2) is 11.8. The number of halogens is 2. The fourth-order valence-electron chi connectivity index (χ4n) is 3.29. The number of ether oxygens (including phenoxy) is 1. The van der Waals surface area contributed by atoms with Crippen LogP contribution >= 0.6 is 24.2 Å². The first-order valence-electron chi connectivity index (χ1n) is 10.1. The second-order valence-electron chi connectivity index (χ2n) is 7.14. The summed E-state index contributed by atoms with van der Waals surface area (Å²) in [5.74, 6) is 1.54. The molecule has 0 aliphatic rings. The van der Waals surface area contributed by atoms with Gasteiger partial charge in [-0.3, -0.25) is 0 Å². The van der Waals surface area contributed by atoms with Crippen LogP contribution in [0.1, 0.15) is 17.5 Å². The first kappa shape index (κ1) is 24.0. The predicted octanol–water partition coefficient (Wildman–Crippen LogP) is 4.78. The molecule has 0 spiro atoms. The summed E-state index contributed by atoms with van der Waals surface area (Å²) in [6.07, 6.45) is 0.994. The zero-order valence-electron chi connectivity index (χ0n) is 17.7. The van der Waals surface area contributed by atoms with E-state index in [1.54, 1.807) is 28.6 Å². The van der Waals surface area contributed by atoms with Crippen molar-refractivity contribution in [1.82, 2.24) is 25.5 Å². The highest BCUT2D eigenvalue weighted by atomic mass is 35.5. The molecule has 0 saturated carbocycles. The largest absolute Gasteiger partial charge is 0.489 e. The average Bonchev–Trinajstić information content (AvgIpc) is 3.20. The van der Waals surface area contributed by atoms with Crippen molar-refractivity contribution in [3.63, 3.8) is 0 Å². The van der Waals surface area contributed by atoms with E-state index in [1.165, 1.54) is 22.9 Å². The monoisotopic (exact) mass is 473 g/mol. The Morgan fingerprint density at radius 3 is 2.66 bits per heavy atom. The van der Waals surface area contributed by atoms with Gasteiger partial charge in [0.2, 0.25) is 5.16 Å². The Hall–Kier alpha value is -2.68. The topological polar surface area (TPSA) is 64.9 Å². The molecule has 0 saturated heterocycles. The van der Waals surface area contributed by atoms with Crippen LogP contribution in [0.2, 0.25) is 0 Å². The van der Waals surface area contributed by atoms with E-state index in [9.17, 15) is 4.39 Å². The average molecular weight is 474 g/mol. The molecule has 6 nitrogen and oxygen atoms in total. The van der Waals surface area contributed by atoms with Crippen molar-refractivity contribution >= 4 is 34.9 Å². The summed E-state index contributed by atoms with van der Waals surface area (Å²) >= 11 is 1.65. The summed E-state index contributed by atoms with van der Waals surface area (Å²) in [6, 6.07) is 18.8. The highest BCUT2D eigenvalue weighted by molar-refractivity contribution is 7.99. The highest BCUT2D eigenvalue weighted by Gasteiger charge is 2.09. The van der Waals surface area contributed by atoms with E-state index in [4.69, 9.17) is 4.74 Å². The SMILES string of the molecule is Cl.Cn1nnnc1SCCCNCc1c(OCc2ccc(F)cc2)ccc2ccccc12. The molecule has 168 valence electrons. The number of fused-ring (bicyclic) bond motifs is 1. The summed E-state index contributed by atoms with van der Waals surface area (Å²) in [7, 11) is 1.84. The second-order valence-corrected chi connectivity index (χ2v) is 8.20. The quantitative estimate of drug-likeness (QED) is 0.264. The van der Waals surface area contributed by atoms with Crippen LogP contribution in [-0.2, 0) is 20.2 Å². The van der Waals surface area contributed by atoms with Gasteiger partial charge in [-0.15, -0.1) is 17.5 Å². The molecule has 1 heterocycles. The maximum atomic E-state index is 13.2. The summed E-state index contributed by atoms with van der Waals surface area (Å²) < 4.78 is 21.0. The molecule has 4 aromatic rings. The van der Waals surface area contributed by atoms with Crippen molar-refractivity contribution in [3.8, 4) is 5.75 Å². The first-order chi connectivity index (χ1) is 15.2. The minimum atomic E-state index is -0.243. The number of benzene rings is 3. The van der Waals surface area contributed by atoms with Gasteiger partial charge in [-0.1, -0.05) is 54.2 Å². The molecule has 0 amide bonds. The van der Waals surface area contributed by atoms with E-state index in [0.29, 0.717) is 13.2 Å². The van der Waals surface area contributed by atoms with Gasteiger partial charge < -0.3 is 10.1 Å². The highest BCUT2D eigenvalue weighted by Crippen LogP contribution is 2.29. The van der Waals surface area contributed by atoms with E-state index < -0.39 is 0 Å². The molecule has 9 heteroatoms. The summed E-state index contributed by atoms with van der Waals surface area (Å²) in [6.45, 7) is 1.98. The van der Waals surface area contributed by atoms with Crippen LogP contribution in [0.4, 0.5) is 4.39 Å². The molecular weight excluding hydrogens is 449 g/mol. The fraction of sp³-hybridized carbons (Fsp3) is 0.261. The predicted molar refractivity (Wildman–Crippen MR) is 128 cm³/mol. The molecule has 0 bridgehead atoms. The van der Waals surface area contributed by atoms with Crippen molar-refractivity contribution in [2.45, 2.75) is 24.7 Å². The lowest BCUT2D eigenvalue weighted by Crippen LogP contribution is -2.16. The van der Waals surface area contributed by atoms with Gasteiger partial charge >= 0.3 is 0 Å². The Kier molecular flexibility index (Phi) is 8.84.